The van der Waals surface area contributed by atoms with E-state index in [9.17, 15) is 0 Å². The highest BCUT2D eigenvalue weighted by Crippen LogP contribution is 2.21. The van der Waals surface area contributed by atoms with Crippen LogP contribution in [-0.4, -0.2) is 53.3 Å². The van der Waals surface area contributed by atoms with Crippen LogP contribution in [0, 0.1) is 0 Å². The van der Waals surface area contributed by atoms with Gasteiger partial charge in [-0.2, -0.15) is 15.0 Å². The van der Waals surface area contributed by atoms with Gasteiger partial charge in [-0.1, -0.05) is 0 Å². The van der Waals surface area contributed by atoms with Crippen molar-refractivity contribution >= 4 is 17.5 Å². The number of ether oxygens (including phenoxy) is 2. The minimum Gasteiger partial charge on any atom is -0.481 e. The number of hydrogen-bond acceptors (Lipinski definition) is 7. The largest absolute Gasteiger partial charge is 0.481 e. The molecule has 1 fully saturated rings. The second-order valence-corrected chi connectivity index (χ2v) is 4.75. The molecule has 0 unspecified atom stereocenters. The van der Waals surface area contributed by atoms with Crippen LogP contribution >= 0.6 is 11.6 Å². The Kier molecular flexibility index (Phi) is 4.12. The number of aromatic nitrogens is 4. The normalized spacial score (nSPS) is 15.0. The van der Waals surface area contributed by atoms with E-state index in [0.29, 0.717) is 30.9 Å². The molecular formula is C13H14ClN5O2. The summed E-state index contributed by atoms with van der Waals surface area (Å²) in [4.78, 5) is 19.0. The van der Waals surface area contributed by atoms with Crippen LogP contribution in [0.3, 0.4) is 0 Å². The van der Waals surface area contributed by atoms with E-state index in [1.165, 1.54) is 0 Å². The summed E-state index contributed by atoms with van der Waals surface area (Å²) in [5.74, 6) is 1.59. The highest BCUT2D eigenvalue weighted by atomic mass is 35.5. The van der Waals surface area contributed by atoms with Crippen molar-refractivity contribution in [2.75, 3.05) is 38.3 Å². The number of pyridine rings is 1. The first-order valence-corrected chi connectivity index (χ1v) is 6.89. The lowest BCUT2D eigenvalue weighted by Gasteiger charge is -2.26. The van der Waals surface area contributed by atoms with Crippen LogP contribution in [0.1, 0.15) is 0 Å². The molecule has 3 rings (SSSR count). The van der Waals surface area contributed by atoms with E-state index in [1.807, 2.05) is 11.0 Å². The third-order valence-electron chi connectivity index (χ3n) is 3.09. The Bertz CT molecular complexity index is 616. The van der Waals surface area contributed by atoms with Crippen molar-refractivity contribution in [3.8, 4) is 17.3 Å². The molecule has 1 aliphatic heterocycles. The quantitative estimate of drug-likeness (QED) is 0.849. The second kappa shape index (κ2) is 6.19. The first-order valence-electron chi connectivity index (χ1n) is 6.51. The lowest BCUT2D eigenvalue weighted by atomic mass is 10.3. The van der Waals surface area contributed by atoms with Crippen molar-refractivity contribution in [2.45, 2.75) is 0 Å². The molecule has 1 aliphatic rings. The molecular weight excluding hydrogens is 294 g/mol. The topological polar surface area (TPSA) is 73.3 Å². The van der Waals surface area contributed by atoms with Gasteiger partial charge in [0.15, 0.2) is 5.82 Å². The molecule has 0 saturated carbocycles. The zero-order valence-electron chi connectivity index (χ0n) is 11.5. The second-order valence-electron chi connectivity index (χ2n) is 4.42. The number of halogens is 1. The van der Waals surface area contributed by atoms with E-state index in [4.69, 9.17) is 21.1 Å². The van der Waals surface area contributed by atoms with Crippen molar-refractivity contribution < 1.29 is 9.47 Å². The number of morpholine rings is 1. The molecule has 0 aromatic carbocycles. The van der Waals surface area contributed by atoms with Crippen molar-refractivity contribution in [1.82, 2.24) is 19.9 Å². The van der Waals surface area contributed by atoms with Gasteiger partial charge < -0.3 is 14.4 Å². The molecule has 0 amide bonds. The summed E-state index contributed by atoms with van der Waals surface area (Å²) in [6.45, 7) is 2.78. The zero-order valence-corrected chi connectivity index (χ0v) is 12.2. The van der Waals surface area contributed by atoms with E-state index in [2.05, 4.69) is 19.9 Å². The lowest BCUT2D eigenvalue weighted by molar-refractivity contribution is 0.122. The van der Waals surface area contributed by atoms with Gasteiger partial charge >= 0.3 is 0 Å². The molecule has 7 nitrogen and oxygen atoms in total. The number of anilines is 1. The number of nitrogens with zero attached hydrogens (tertiary/aromatic N) is 5. The van der Waals surface area contributed by atoms with Crippen LogP contribution in [0.15, 0.2) is 18.3 Å². The smallest absolute Gasteiger partial charge is 0.230 e. The van der Waals surface area contributed by atoms with Gasteiger partial charge in [-0.25, -0.2) is 4.98 Å². The van der Waals surface area contributed by atoms with E-state index in [-0.39, 0.29) is 5.28 Å². The molecule has 2 aromatic rings. The molecule has 8 heteroatoms. The van der Waals surface area contributed by atoms with Crippen LogP contribution in [0.25, 0.3) is 11.4 Å². The fourth-order valence-corrected chi connectivity index (χ4v) is 2.16. The predicted octanol–water partition coefficient (Wildman–Crippen LogP) is 1.43. The monoisotopic (exact) mass is 307 g/mol. The van der Waals surface area contributed by atoms with Crippen molar-refractivity contribution in [3.05, 3.63) is 23.6 Å². The highest BCUT2D eigenvalue weighted by Gasteiger charge is 2.16. The Balaban J connectivity index is 1.92. The van der Waals surface area contributed by atoms with Crippen LogP contribution in [-0.2, 0) is 4.74 Å². The van der Waals surface area contributed by atoms with E-state index in [0.717, 1.165) is 18.7 Å². The molecule has 0 radical (unpaired) electrons. The summed E-state index contributed by atoms with van der Waals surface area (Å²) in [5, 5.41) is 0.164. The minimum atomic E-state index is 0.164. The van der Waals surface area contributed by atoms with Gasteiger partial charge in [0, 0.05) is 30.9 Å². The minimum absolute atomic E-state index is 0.164. The molecule has 21 heavy (non-hydrogen) atoms. The summed E-state index contributed by atoms with van der Waals surface area (Å²) in [5.41, 5.74) is 0.759. The van der Waals surface area contributed by atoms with Gasteiger partial charge in [-0.15, -0.1) is 0 Å². The van der Waals surface area contributed by atoms with Gasteiger partial charge in [-0.3, -0.25) is 0 Å². The van der Waals surface area contributed by atoms with Gasteiger partial charge in [0.2, 0.25) is 17.1 Å². The molecule has 0 spiro atoms. The summed E-state index contributed by atoms with van der Waals surface area (Å²) in [7, 11) is 1.57. The Labute approximate surface area is 126 Å². The summed E-state index contributed by atoms with van der Waals surface area (Å²) in [6, 6.07) is 3.59. The van der Waals surface area contributed by atoms with Crippen molar-refractivity contribution in [1.29, 1.82) is 0 Å². The van der Waals surface area contributed by atoms with Gasteiger partial charge in [0.1, 0.15) is 0 Å². The average molecular weight is 308 g/mol. The molecule has 0 N–H and O–H groups in total. The molecule has 0 aliphatic carbocycles. The lowest BCUT2D eigenvalue weighted by Crippen LogP contribution is -2.37. The summed E-state index contributed by atoms with van der Waals surface area (Å²) >= 11 is 6.01. The molecule has 3 heterocycles. The maximum atomic E-state index is 6.01. The molecule has 0 atom stereocenters. The molecule has 2 aromatic heterocycles. The Morgan fingerprint density at radius 2 is 2.00 bits per heavy atom. The fourth-order valence-electron chi connectivity index (χ4n) is 2.01. The summed E-state index contributed by atoms with van der Waals surface area (Å²) < 4.78 is 10.4. The van der Waals surface area contributed by atoms with Gasteiger partial charge in [0.05, 0.1) is 20.3 Å². The van der Waals surface area contributed by atoms with Gasteiger partial charge in [0.25, 0.3) is 0 Å². The standard InChI is InChI=1S/C13H14ClN5O2/c1-20-10-3-2-9(8-15-10)11-16-12(14)18-13(17-11)19-4-6-21-7-5-19/h2-3,8H,4-7H2,1H3. The Hall–Kier alpha value is -1.99. The van der Waals surface area contributed by atoms with Crippen molar-refractivity contribution in [3.63, 3.8) is 0 Å². The SMILES string of the molecule is COc1ccc(-c2nc(Cl)nc(N3CCOCC3)n2)cn1. The van der Waals surface area contributed by atoms with Crippen LogP contribution in [0.4, 0.5) is 5.95 Å². The van der Waals surface area contributed by atoms with E-state index in [1.54, 1.807) is 19.4 Å². The first kappa shape index (κ1) is 14.0. The Morgan fingerprint density at radius 1 is 1.19 bits per heavy atom. The maximum absolute atomic E-state index is 6.01. The number of methoxy groups -OCH3 is 1. The van der Waals surface area contributed by atoms with Crippen LogP contribution in [0.2, 0.25) is 5.28 Å². The molecule has 110 valence electrons. The van der Waals surface area contributed by atoms with E-state index >= 15 is 0 Å². The Morgan fingerprint density at radius 3 is 2.67 bits per heavy atom. The predicted molar refractivity (Wildman–Crippen MR) is 77.7 cm³/mol. The average Bonchev–Trinajstić information content (AvgIpc) is 2.55. The highest BCUT2D eigenvalue weighted by molar-refractivity contribution is 6.28. The van der Waals surface area contributed by atoms with Gasteiger partial charge in [-0.05, 0) is 17.7 Å². The molecule has 1 saturated heterocycles. The number of hydrogen-bond donors (Lipinski definition) is 0. The third-order valence-corrected chi connectivity index (χ3v) is 3.26. The van der Waals surface area contributed by atoms with E-state index < -0.39 is 0 Å². The number of rotatable bonds is 3. The first-order chi connectivity index (χ1) is 10.3. The molecule has 0 bridgehead atoms. The van der Waals surface area contributed by atoms with Crippen LogP contribution in [0.5, 0.6) is 5.88 Å². The summed E-state index contributed by atoms with van der Waals surface area (Å²) in [6.07, 6.45) is 1.65. The maximum Gasteiger partial charge on any atom is 0.230 e. The zero-order chi connectivity index (χ0) is 14.7. The third kappa shape index (κ3) is 3.20. The van der Waals surface area contributed by atoms with Crippen molar-refractivity contribution in [2.24, 2.45) is 0 Å². The fraction of sp³-hybridized carbons (Fsp3) is 0.385. The van der Waals surface area contributed by atoms with Crippen LogP contribution < -0.4 is 9.64 Å².